The molecule has 1 nitrogen and oxygen atoms in total. The van der Waals surface area contributed by atoms with Crippen LogP contribution in [0.1, 0.15) is 25.3 Å². The van der Waals surface area contributed by atoms with Gasteiger partial charge in [-0.1, -0.05) is 19.9 Å². The van der Waals surface area contributed by atoms with E-state index in [1.165, 1.54) is 12.1 Å². The van der Waals surface area contributed by atoms with Crippen LogP contribution in [0, 0.1) is 5.82 Å². The molecule has 0 spiro atoms. The predicted octanol–water partition coefficient (Wildman–Crippen LogP) is 3.55. The quantitative estimate of drug-likeness (QED) is 0.731. The fourth-order valence-corrected chi connectivity index (χ4v) is 1.18. The molecular weight excluding hydrogens is 193 g/mol. The molecule has 0 aromatic heterocycles. The van der Waals surface area contributed by atoms with Crippen LogP contribution in [0.4, 0.5) is 13.2 Å². The summed E-state index contributed by atoms with van der Waals surface area (Å²) in [5.41, 5.74) is 0.576. The van der Waals surface area contributed by atoms with Gasteiger partial charge in [-0.3, -0.25) is 0 Å². The number of rotatable bonds is 3. The molecule has 78 valence electrons. The summed E-state index contributed by atoms with van der Waals surface area (Å²) < 4.78 is 40.9. The second kappa shape index (κ2) is 4.35. The van der Waals surface area contributed by atoms with Crippen molar-refractivity contribution < 1.29 is 17.9 Å². The Morgan fingerprint density at radius 1 is 1.21 bits per heavy atom. The smallest absolute Gasteiger partial charge is 0.387 e. The molecular formula is C10H11F3O. The topological polar surface area (TPSA) is 9.23 Å². The zero-order valence-electron chi connectivity index (χ0n) is 7.93. The number of halogens is 3. The molecule has 0 heterocycles. The fraction of sp³-hybridized carbons (Fsp3) is 0.400. The molecule has 0 atom stereocenters. The van der Waals surface area contributed by atoms with E-state index in [4.69, 9.17) is 0 Å². The van der Waals surface area contributed by atoms with Crippen molar-refractivity contribution in [1.82, 2.24) is 0 Å². The predicted molar refractivity (Wildman–Crippen MR) is 47.1 cm³/mol. The Balaban J connectivity index is 3.03. The summed E-state index contributed by atoms with van der Waals surface area (Å²) in [5, 5.41) is 0. The molecule has 0 radical (unpaired) electrons. The van der Waals surface area contributed by atoms with Gasteiger partial charge in [-0.2, -0.15) is 8.78 Å². The molecule has 0 aliphatic rings. The lowest BCUT2D eigenvalue weighted by molar-refractivity contribution is -0.0507. The number of hydrogen-bond acceptors (Lipinski definition) is 1. The average molecular weight is 204 g/mol. The third-order valence-electron chi connectivity index (χ3n) is 1.81. The molecule has 0 unspecified atom stereocenters. The minimum absolute atomic E-state index is 0.0179. The first-order valence-corrected chi connectivity index (χ1v) is 4.25. The van der Waals surface area contributed by atoms with Crippen molar-refractivity contribution in [2.24, 2.45) is 0 Å². The molecule has 1 rings (SSSR count). The number of ether oxygens (including phenoxy) is 1. The zero-order chi connectivity index (χ0) is 10.7. The van der Waals surface area contributed by atoms with Crippen molar-refractivity contribution >= 4 is 0 Å². The van der Waals surface area contributed by atoms with Crippen molar-refractivity contribution in [2.45, 2.75) is 26.4 Å². The Hall–Kier alpha value is -1.19. The third kappa shape index (κ3) is 2.65. The highest BCUT2D eigenvalue weighted by Gasteiger charge is 2.12. The van der Waals surface area contributed by atoms with Gasteiger partial charge in [0.25, 0.3) is 0 Å². The van der Waals surface area contributed by atoms with Gasteiger partial charge in [0, 0.05) is 6.07 Å². The van der Waals surface area contributed by atoms with Crippen LogP contribution in [0.3, 0.4) is 0 Å². The highest BCUT2D eigenvalue weighted by molar-refractivity contribution is 5.36. The second-order valence-electron chi connectivity index (χ2n) is 3.22. The van der Waals surface area contributed by atoms with Crippen molar-refractivity contribution in [2.75, 3.05) is 0 Å². The van der Waals surface area contributed by atoms with E-state index in [1.54, 1.807) is 0 Å². The van der Waals surface area contributed by atoms with Crippen LogP contribution in [0.15, 0.2) is 18.2 Å². The summed E-state index contributed by atoms with van der Waals surface area (Å²) in [5.74, 6) is -0.649. The lowest BCUT2D eigenvalue weighted by Crippen LogP contribution is -2.05. The monoisotopic (exact) mass is 204 g/mol. The molecule has 4 heteroatoms. The van der Waals surface area contributed by atoms with E-state index < -0.39 is 12.4 Å². The normalized spacial score (nSPS) is 11.1. The summed E-state index contributed by atoms with van der Waals surface area (Å²) in [6.45, 7) is 0.728. The first-order chi connectivity index (χ1) is 6.50. The fourth-order valence-electron chi connectivity index (χ4n) is 1.18. The maximum atomic E-state index is 12.7. The first-order valence-electron chi connectivity index (χ1n) is 4.25. The number of benzene rings is 1. The maximum absolute atomic E-state index is 12.7. The van der Waals surface area contributed by atoms with Crippen LogP contribution in [-0.2, 0) is 0 Å². The van der Waals surface area contributed by atoms with Crippen LogP contribution < -0.4 is 4.74 Å². The summed E-state index contributed by atoms with van der Waals surface area (Å²) >= 11 is 0. The first kappa shape index (κ1) is 10.9. The van der Waals surface area contributed by atoms with Crippen LogP contribution in [0.2, 0.25) is 0 Å². The largest absolute Gasteiger partial charge is 0.434 e. The van der Waals surface area contributed by atoms with Crippen LogP contribution in [-0.4, -0.2) is 6.61 Å². The molecule has 0 N–H and O–H groups in total. The van der Waals surface area contributed by atoms with Gasteiger partial charge in [-0.25, -0.2) is 4.39 Å². The Morgan fingerprint density at radius 3 is 2.36 bits per heavy atom. The van der Waals surface area contributed by atoms with E-state index in [0.29, 0.717) is 5.56 Å². The minimum Gasteiger partial charge on any atom is -0.434 e. The minimum atomic E-state index is -2.92. The molecule has 0 saturated carbocycles. The molecule has 0 fully saturated rings. The molecule has 1 aromatic carbocycles. The standard InChI is InChI=1S/C10H11F3O/c1-6(2)8-4-3-7(11)5-9(8)14-10(12)13/h3-6,10H,1-2H3. The summed E-state index contributed by atoms with van der Waals surface area (Å²) in [4.78, 5) is 0. The summed E-state index contributed by atoms with van der Waals surface area (Å²) in [6.07, 6.45) is 0. The molecule has 0 saturated heterocycles. The van der Waals surface area contributed by atoms with Crippen molar-refractivity contribution in [1.29, 1.82) is 0 Å². The Morgan fingerprint density at radius 2 is 1.86 bits per heavy atom. The van der Waals surface area contributed by atoms with E-state index in [2.05, 4.69) is 4.74 Å². The third-order valence-corrected chi connectivity index (χ3v) is 1.81. The van der Waals surface area contributed by atoms with Crippen molar-refractivity contribution in [3.05, 3.63) is 29.6 Å². The van der Waals surface area contributed by atoms with Gasteiger partial charge in [0.1, 0.15) is 11.6 Å². The van der Waals surface area contributed by atoms with Crippen LogP contribution >= 0.6 is 0 Å². The highest BCUT2D eigenvalue weighted by atomic mass is 19.3. The average Bonchev–Trinajstić information content (AvgIpc) is 2.01. The Labute approximate surface area is 80.5 Å². The second-order valence-corrected chi connectivity index (χ2v) is 3.22. The maximum Gasteiger partial charge on any atom is 0.387 e. The molecule has 0 bridgehead atoms. The van der Waals surface area contributed by atoms with E-state index in [1.807, 2.05) is 13.8 Å². The SMILES string of the molecule is CC(C)c1ccc(F)cc1OC(F)F. The summed E-state index contributed by atoms with van der Waals surface area (Å²) in [6, 6.07) is 3.66. The van der Waals surface area contributed by atoms with Gasteiger partial charge in [-0.15, -0.1) is 0 Å². The lowest BCUT2D eigenvalue weighted by atomic mass is 10.0. The van der Waals surface area contributed by atoms with Crippen molar-refractivity contribution in [3.8, 4) is 5.75 Å². The van der Waals surface area contributed by atoms with Crippen LogP contribution in [0.5, 0.6) is 5.75 Å². The Kier molecular flexibility index (Phi) is 3.38. The molecule has 0 amide bonds. The van der Waals surface area contributed by atoms with Crippen LogP contribution in [0.25, 0.3) is 0 Å². The molecule has 1 aromatic rings. The van der Waals surface area contributed by atoms with E-state index >= 15 is 0 Å². The molecule has 14 heavy (non-hydrogen) atoms. The van der Waals surface area contributed by atoms with Gasteiger partial charge < -0.3 is 4.74 Å². The number of alkyl halides is 2. The lowest BCUT2D eigenvalue weighted by Gasteiger charge is -2.12. The van der Waals surface area contributed by atoms with Gasteiger partial charge in [0.05, 0.1) is 0 Å². The Bertz CT molecular complexity index is 310. The van der Waals surface area contributed by atoms with E-state index in [-0.39, 0.29) is 11.7 Å². The van der Waals surface area contributed by atoms with Gasteiger partial charge in [0.15, 0.2) is 0 Å². The van der Waals surface area contributed by atoms with Gasteiger partial charge in [0.2, 0.25) is 0 Å². The molecule has 0 aliphatic carbocycles. The summed E-state index contributed by atoms with van der Waals surface area (Å²) in [7, 11) is 0. The van der Waals surface area contributed by atoms with Gasteiger partial charge in [-0.05, 0) is 17.5 Å². The molecule has 0 aliphatic heterocycles. The van der Waals surface area contributed by atoms with Crippen molar-refractivity contribution in [3.63, 3.8) is 0 Å². The van der Waals surface area contributed by atoms with E-state index in [0.717, 1.165) is 6.07 Å². The van der Waals surface area contributed by atoms with Gasteiger partial charge >= 0.3 is 6.61 Å². The highest BCUT2D eigenvalue weighted by Crippen LogP contribution is 2.28. The number of hydrogen-bond donors (Lipinski definition) is 0. The zero-order valence-corrected chi connectivity index (χ0v) is 7.93. The van der Waals surface area contributed by atoms with E-state index in [9.17, 15) is 13.2 Å².